The third-order valence-electron chi connectivity index (χ3n) is 2.99. The van der Waals surface area contributed by atoms with E-state index in [4.69, 9.17) is 0 Å². The van der Waals surface area contributed by atoms with E-state index in [1.165, 1.54) is 0 Å². The largest absolute Gasteiger partial charge is 0.508 e. The van der Waals surface area contributed by atoms with Crippen LogP contribution in [0.4, 0.5) is 5.69 Å². The quantitative estimate of drug-likeness (QED) is 0.673. The van der Waals surface area contributed by atoms with E-state index in [9.17, 15) is 5.11 Å². The molecule has 0 bridgehead atoms. The Kier molecular flexibility index (Phi) is 2.99. The van der Waals surface area contributed by atoms with Gasteiger partial charge in [-0.15, -0.1) is 0 Å². The van der Waals surface area contributed by atoms with Gasteiger partial charge < -0.3 is 5.11 Å². The fourth-order valence-electron chi connectivity index (χ4n) is 2.05. The van der Waals surface area contributed by atoms with E-state index >= 15 is 0 Å². The molecule has 0 radical (unpaired) electrons. The van der Waals surface area contributed by atoms with E-state index in [1.807, 2.05) is 60.8 Å². The molecule has 1 N–H and O–H groups in total. The minimum atomic E-state index is 0.275. The molecule has 2 heteroatoms. The van der Waals surface area contributed by atoms with Crippen molar-refractivity contribution in [3.05, 3.63) is 72.3 Å². The molecule has 0 amide bonds. The highest BCUT2D eigenvalue weighted by Crippen LogP contribution is 2.28. The van der Waals surface area contributed by atoms with E-state index in [1.54, 1.807) is 12.1 Å². The first-order chi connectivity index (χ1) is 9.33. The molecular formula is C17H13NO. The van der Waals surface area contributed by atoms with Gasteiger partial charge in [-0.2, -0.15) is 0 Å². The monoisotopic (exact) mass is 247 g/mol. The van der Waals surface area contributed by atoms with E-state index < -0.39 is 0 Å². The second-order valence-corrected chi connectivity index (χ2v) is 4.35. The first-order valence-electron chi connectivity index (χ1n) is 6.14. The lowest BCUT2D eigenvalue weighted by atomic mass is 10.1. The van der Waals surface area contributed by atoms with Crippen LogP contribution in [0.15, 0.2) is 71.7 Å². The van der Waals surface area contributed by atoms with Crippen LogP contribution in [0, 0.1) is 0 Å². The van der Waals surface area contributed by atoms with Crippen molar-refractivity contribution in [3.8, 4) is 5.75 Å². The van der Waals surface area contributed by atoms with Crippen LogP contribution in [0.3, 0.4) is 0 Å². The van der Waals surface area contributed by atoms with Gasteiger partial charge in [0.2, 0.25) is 0 Å². The number of benzene rings is 3. The lowest BCUT2D eigenvalue weighted by Crippen LogP contribution is -1.79. The molecule has 0 saturated heterocycles. The Morgan fingerprint density at radius 3 is 2.53 bits per heavy atom. The van der Waals surface area contributed by atoms with E-state index in [-0.39, 0.29) is 5.75 Å². The standard InChI is InChI=1S/C17H13NO/c19-15-9-10-16-14(11-15)7-4-8-17(16)18-12-13-5-2-1-3-6-13/h1-12,19H/b18-12+. The van der Waals surface area contributed by atoms with Gasteiger partial charge in [0.05, 0.1) is 5.69 Å². The average Bonchev–Trinajstić information content (AvgIpc) is 2.45. The summed E-state index contributed by atoms with van der Waals surface area (Å²) in [7, 11) is 0. The number of aromatic hydroxyl groups is 1. The molecular weight excluding hydrogens is 234 g/mol. The Hall–Kier alpha value is -2.61. The number of rotatable bonds is 2. The average molecular weight is 247 g/mol. The van der Waals surface area contributed by atoms with Gasteiger partial charge in [0.1, 0.15) is 5.75 Å². The molecule has 19 heavy (non-hydrogen) atoms. The van der Waals surface area contributed by atoms with Gasteiger partial charge in [-0.1, -0.05) is 42.5 Å². The molecule has 0 spiro atoms. The summed E-state index contributed by atoms with van der Waals surface area (Å²) < 4.78 is 0. The third-order valence-corrected chi connectivity index (χ3v) is 2.99. The maximum Gasteiger partial charge on any atom is 0.116 e. The first-order valence-corrected chi connectivity index (χ1v) is 6.14. The van der Waals surface area contributed by atoms with Crippen LogP contribution >= 0.6 is 0 Å². The van der Waals surface area contributed by atoms with Gasteiger partial charge in [0.15, 0.2) is 0 Å². The van der Waals surface area contributed by atoms with Crippen molar-refractivity contribution in [3.63, 3.8) is 0 Å². The van der Waals surface area contributed by atoms with Crippen molar-refractivity contribution in [2.24, 2.45) is 4.99 Å². The maximum absolute atomic E-state index is 9.49. The van der Waals surface area contributed by atoms with Gasteiger partial charge in [0.25, 0.3) is 0 Å². The summed E-state index contributed by atoms with van der Waals surface area (Å²) in [6.07, 6.45) is 1.85. The molecule has 3 aromatic carbocycles. The molecule has 0 aliphatic heterocycles. The zero-order valence-corrected chi connectivity index (χ0v) is 10.3. The van der Waals surface area contributed by atoms with Crippen molar-refractivity contribution < 1.29 is 5.11 Å². The minimum absolute atomic E-state index is 0.275. The molecule has 2 nitrogen and oxygen atoms in total. The van der Waals surface area contributed by atoms with Crippen LogP contribution in [-0.2, 0) is 0 Å². The van der Waals surface area contributed by atoms with Crippen LogP contribution in [0.25, 0.3) is 10.8 Å². The number of fused-ring (bicyclic) bond motifs is 1. The molecule has 0 atom stereocenters. The van der Waals surface area contributed by atoms with Crippen LogP contribution < -0.4 is 0 Å². The molecule has 0 aromatic heterocycles. The van der Waals surface area contributed by atoms with E-state index in [0.717, 1.165) is 22.0 Å². The van der Waals surface area contributed by atoms with Crippen molar-refractivity contribution in [2.75, 3.05) is 0 Å². The molecule has 0 unspecified atom stereocenters. The highest BCUT2D eigenvalue weighted by molar-refractivity contribution is 5.95. The molecule has 0 aliphatic rings. The molecule has 3 aromatic rings. The second kappa shape index (κ2) is 4.94. The number of phenolic OH excluding ortho intramolecular Hbond substituents is 1. The van der Waals surface area contributed by atoms with E-state index in [0.29, 0.717) is 0 Å². The van der Waals surface area contributed by atoms with E-state index in [2.05, 4.69) is 4.99 Å². The fourth-order valence-corrected chi connectivity index (χ4v) is 2.05. The maximum atomic E-state index is 9.49. The summed E-state index contributed by atoms with van der Waals surface area (Å²) in [5.41, 5.74) is 1.97. The number of hydrogen-bond acceptors (Lipinski definition) is 2. The van der Waals surface area contributed by atoms with Crippen LogP contribution in [0.2, 0.25) is 0 Å². The molecule has 3 rings (SSSR count). The minimum Gasteiger partial charge on any atom is -0.508 e. The zero-order chi connectivity index (χ0) is 13.1. The summed E-state index contributed by atoms with van der Waals surface area (Å²) in [5.74, 6) is 0.275. The summed E-state index contributed by atoms with van der Waals surface area (Å²) in [4.78, 5) is 4.53. The van der Waals surface area contributed by atoms with Gasteiger partial charge >= 0.3 is 0 Å². The topological polar surface area (TPSA) is 32.6 Å². The van der Waals surface area contributed by atoms with Crippen molar-refractivity contribution in [1.82, 2.24) is 0 Å². The molecule has 0 saturated carbocycles. The molecule has 0 aliphatic carbocycles. The summed E-state index contributed by atoms with van der Waals surface area (Å²) in [6.45, 7) is 0. The Balaban J connectivity index is 2.04. The molecule has 92 valence electrons. The predicted octanol–water partition coefficient (Wildman–Crippen LogP) is 4.30. The van der Waals surface area contributed by atoms with Crippen LogP contribution in [0.1, 0.15) is 5.56 Å². The summed E-state index contributed by atoms with van der Waals surface area (Å²) >= 11 is 0. The van der Waals surface area contributed by atoms with Crippen molar-refractivity contribution >= 4 is 22.7 Å². The Morgan fingerprint density at radius 2 is 1.68 bits per heavy atom. The summed E-state index contributed by atoms with van der Waals surface area (Å²) in [6, 6.07) is 21.2. The van der Waals surface area contributed by atoms with Gasteiger partial charge in [-0.25, -0.2) is 0 Å². The number of hydrogen-bond donors (Lipinski definition) is 1. The lowest BCUT2D eigenvalue weighted by Gasteiger charge is -2.02. The normalized spacial score (nSPS) is 11.2. The summed E-state index contributed by atoms with van der Waals surface area (Å²) in [5, 5.41) is 11.5. The van der Waals surface area contributed by atoms with Crippen LogP contribution in [-0.4, -0.2) is 11.3 Å². The van der Waals surface area contributed by atoms with Gasteiger partial charge in [0, 0.05) is 11.6 Å². The zero-order valence-electron chi connectivity index (χ0n) is 10.3. The smallest absolute Gasteiger partial charge is 0.116 e. The fraction of sp³-hybridized carbons (Fsp3) is 0. The first kappa shape index (κ1) is 11.5. The van der Waals surface area contributed by atoms with Crippen molar-refractivity contribution in [1.29, 1.82) is 0 Å². The van der Waals surface area contributed by atoms with Crippen molar-refractivity contribution in [2.45, 2.75) is 0 Å². The second-order valence-electron chi connectivity index (χ2n) is 4.35. The number of nitrogens with zero attached hydrogens (tertiary/aromatic N) is 1. The molecule has 0 heterocycles. The number of aliphatic imine (C=N–C) groups is 1. The van der Waals surface area contributed by atoms with Gasteiger partial charge in [-0.3, -0.25) is 4.99 Å². The highest BCUT2D eigenvalue weighted by Gasteiger charge is 1.99. The highest BCUT2D eigenvalue weighted by atomic mass is 16.3. The predicted molar refractivity (Wildman–Crippen MR) is 79.3 cm³/mol. The molecule has 0 fully saturated rings. The Morgan fingerprint density at radius 1 is 0.842 bits per heavy atom. The van der Waals surface area contributed by atoms with Gasteiger partial charge in [-0.05, 0) is 35.2 Å². The number of phenols is 1. The Bertz CT molecular complexity index is 733. The van der Waals surface area contributed by atoms with Crippen LogP contribution in [0.5, 0.6) is 5.75 Å². The SMILES string of the molecule is Oc1ccc2c(/N=C/c3ccccc3)cccc2c1. The Labute approximate surface area is 111 Å². The lowest BCUT2D eigenvalue weighted by molar-refractivity contribution is 0.476. The third kappa shape index (κ3) is 2.47.